The normalized spacial score (nSPS) is 15.1. The molecule has 1 saturated heterocycles. The summed E-state index contributed by atoms with van der Waals surface area (Å²) in [6, 6.07) is 9.59. The van der Waals surface area contributed by atoms with Crippen molar-refractivity contribution in [1.29, 1.82) is 0 Å². The molecule has 6 nitrogen and oxygen atoms in total. The van der Waals surface area contributed by atoms with Crippen LogP contribution in [0.25, 0.3) is 0 Å². The summed E-state index contributed by atoms with van der Waals surface area (Å²) in [5.41, 5.74) is 2.22. The van der Waals surface area contributed by atoms with Gasteiger partial charge < -0.3 is 5.32 Å². The quantitative estimate of drug-likeness (QED) is 0.656. The smallest absolute Gasteiger partial charge is 0.263 e. The standard InChI is InChI=1S/C21H29N3O3S2/c1-3-23(4-2)16-18-10-6-5-9-17(18)15-22-21(25)20-19(11-14-28-20)29(26,27)24-12-7-8-13-24/h5-6,9-11,14H,3-4,7-8,12-13,15-16H2,1-2H3,(H,22,25). The summed E-state index contributed by atoms with van der Waals surface area (Å²) < 4.78 is 27.2. The molecule has 1 amide bonds. The fraction of sp³-hybridized carbons (Fsp3) is 0.476. The Bertz CT molecular complexity index is 930. The van der Waals surface area contributed by atoms with Crippen molar-refractivity contribution in [2.45, 2.75) is 44.7 Å². The maximum Gasteiger partial charge on any atom is 0.263 e. The lowest BCUT2D eigenvalue weighted by Crippen LogP contribution is -2.30. The maximum atomic E-state index is 12.9. The van der Waals surface area contributed by atoms with Crippen molar-refractivity contribution in [1.82, 2.24) is 14.5 Å². The van der Waals surface area contributed by atoms with E-state index in [0.717, 1.165) is 38.0 Å². The highest BCUT2D eigenvalue weighted by molar-refractivity contribution is 7.89. The van der Waals surface area contributed by atoms with Crippen molar-refractivity contribution >= 4 is 27.3 Å². The Hall–Kier alpha value is -1.74. The summed E-state index contributed by atoms with van der Waals surface area (Å²) in [7, 11) is -3.61. The molecule has 2 heterocycles. The van der Waals surface area contributed by atoms with Gasteiger partial charge in [0.15, 0.2) is 0 Å². The van der Waals surface area contributed by atoms with E-state index in [4.69, 9.17) is 0 Å². The highest BCUT2D eigenvalue weighted by Gasteiger charge is 2.31. The highest BCUT2D eigenvalue weighted by atomic mass is 32.2. The van der Waals surface area contributed by atoms with Crippen molar-refractivity contribution in [3.8, 4) is 0 Å². The molecule has 1 aromatic heterocycles. The third kappa shape index (κ3) is 5.06. The average Bonchev–Trinajstić information content (AvgIpc) is 3.43. The minimum atomic E-state index is -3.61. The fourth-order valence-corrected chi connectivity index (χ4v) is 6.40. The lowest BCUT2D eigenvalue weighted by atomic mass is 10.1. The number of carbonyl (C=O) groups is 1. The molecule has 1 aromatic carbocycles. The van der Waals surface area contributed by atoms with Crippen LogP contribution in [0.4, 0.5) is 0 Å². The summed E-state index contributed by atoms with van der Waals surface area (Å²) in [6.45, 7) is 8.44. The van der Waals surface area contributed by atoms with E-state index in [1.807, 2.05) is 18.2 Å². The molecule has 1 aliphatic heterocycles. The second kappa shape index (κ2) is 9.84. The van der Waals surface area contributed by atoms with E-state index in [2.05, 4.69) is 30.1 Å². The molecule has 158 valence electrons. The zero-order valence-corrected chi connectivity index (χ0v) is 18.7. The van der Waals surface area contributed by atoms with Crippen molar-refractivity contribution in [3.63, 3.8) is 0 Å². The third-order valence-corrected chi connectivity index (χ3v) is 8.35. The predicted molar refractivity (Wildman–Crippen MR) is 117 cm³/mol. The molecular weight excluding hydrogens is 406 g/mol. The van der Waals surface area contributed by atoms with Gasteiger partial charge in [-0.25, -0.2) is 8.42 Å². The van der Waals surface area contributed by atoms with Crippen LogP contribution in [-0.4, -0.2) is 49.7 Å². The summed E-state index contributed by atoms with van der Waals surface area (Å²) >= 11 is 1.17. The number of nitrogens with zero attached hydrogens (tertiary/aromatic N) is 2. The van der Waals surface area contributed by atoms with Crippen LogP contribution in [0.3, 0.4) is 0 Å². The highest BCUT2D eigenvalue weighted by Crippen LogP contribution is 2.27. The molecule has 0 saturated carbocycles. The molecule has 0 radical (unpaired) electrons. The zero-order chi connectivity index (χ0) is 20.9. The molecule has 0 unspecified atom stereocenters. The van der Waals surface area contributed by atoms with Crippen LogP contribution in [0.5, 0.6) is 0 Å². The first-order chi connectivity index (χ1) is 14.0. The molecule has 0 aliphatic carbocycles. The lowest BCUT2D eigenvalue weighted by Gasteiger charge is -2.20. The molecule has 0 spiro atoms. The van der Waals surface area contributed by atoms with Gasteiger partial charge in [0.25, 0.3) is 5.91 Å². The van der Waals surface area contributed by atoms with Gasteiger partial charge in [-0.05, 0) is 48.5 Å². The fourth-order valence-electron chi connectivity index (χ4n) is 3.56. The van der Waals surface area contributed by atoms with Crippen LogP contribution in [-0.2, 0) is 23.1 Å². The molecule has 1 N–H and O–H groups in total. The van der Waals surface area contributed by atoms with Gasteiger partial charge in [0, 0.05) is 26.2 Å². The number of amides is 1. The number of thiophene rings is 1. The molecule has 3 rings (SSSR count). The number of carbonyl (C=O) groups excluding carboxylic acids is 1. The van der Waals surface area contributed by atoms with Gasteiger partial charge in [-0.3, -0.25) is 9.69 Å². The van der Waals surface area contributed by atoms with E-state index in [1.54, 1.807) is 11.4 Å². The van der Waals surface area contributed by atoms with Crippen LogP contribution >= 0.6 is 11.3 Å². The number of rotatable bonds is 9. The van der Waals surface area contributed by atoms with Crippen molar-refractivity contribution in [2.75, 3.05) is 26.2 Å². The Balaban J connectivity index is 1.73. The predicted octanol–water partition coefficient (Wildman–Crippen LogP) is 3.30. The number of nitrogens with one attached hydrogen (secondary N) is 1. The molecular formula is C21H29N3O3S2. The topological polar surface area (TPSA) is 69.7 Å². The number of hydrogen-bond donors (Lipinski definition) is 1. The van der Waals surface area contributed by atoms with Crippen molar-refractivity contribution < 1.29 is 13.2 Å². The van der Waals surface area contributed by atoms with Crippen LogP contribution < -0.4 is 5.32 Å². The van der Waals surface area contributed by atoms with Crippen molar-refractivity contribution in [3.05, 3.63) is 51.7 Å². The molecule has 2 aromatic rings. The van der Waals surface area contributed by atoms with Gasteiger partial charge in [0.1, 0.15) is 9.77 Å². The van der Waals surface area contributed by atoms with Gasteiger partial charge in [-0.2, -0.15) is 4.31 Å². The molecule has 29 heavy (non-hydrogen) atoms. The van der Waals surface area contributed by atoms with Gasteiger partial charge in [-0.15, -0.1) is 11.3 Å². The van der Waals surface area contributed by atoms with Gasteiger partial charge in [0.05, 0.1) is 0 Å². The summed E-state index contributed by atoms with van der Waals surface area (Å²) in [6.07, 6.45) is 1.74. The minimum absolute atomic E-state index is 0.123. The zero-order valence-electron chi connectivity index (χ0n) is 17.1. The summed E-state index contributed by atoms with van der Waals surface area (Å²) in [5.74, 6) is -0.338. The van der Waals surface area contributed by atoms with E-state index in [0.29, 0.717) is 19.6 Å². The van der Waals surface area contributed by atoms with Gasteiger partial charge in [0.2, 0.25) is 10.0 Å². The van der Waals surface area contributed by atoms with Crippen LogP contribution in [0.15, 0.2) is 40.6 Å². The Morgan fingerprint density at radius 2 is 1.76 bits per heavy atom. The second-order valence-electron chi connectivity index (χ2n) is 7.14. The molecule has 0 bridgehead atoms. The van der Waals surface area contributed by atoms with Gasteiger partial charge >= 0.3 is 0 Å². The molecule has 8 heteroatoms. The monoisotopic (exact) mass is 435 g/mol. The summed E-state index contributed by atoms with van der Waals surface area (Å²) in [4.78, 5) is 15.5. The number of benzene rings is 1. The van der Waals surface area contributed by atoms with E-state index in [-0.39, 0.29) is 15.7 Å². The van der Waals surface area contributed by atoms with Crippen molar-refractivity contribution in [2.24, 2.45) is 0 Å². The first kappa shape index (κ1) is 22.0. The largest absolute Gasteiger partial charge is 0.347 e. The lowest BCUT2D eigenvalue weighted by molar-refractivity contribution is 0.0951. The Morgan fingerprint density at radius 1 is 1.10 bits per heavy atom. The summed E-state index contributed by atoms with van der Waals surface area (Å²) in [5, 5.41) is 4.60. The van der Waals surface area contributed by atoms with E-state index >= 15 is 0 Å². The Morgan fingerprint density at radius 3 is 2.41 bits per heavy atom. The maximum absolute atomic E-state index is 12.9. The second-order valence-corrected chi connectivity index (χ2v) is 9.96. The minimum Gasteiger partial charge on any atom is -0.347 e. The number of sulfonamides is 1. The van der Waals surface area contributed by atoms with Crippen LogP contribution in [0.2, 0.25) is 0 Å². The van der Waals surface area contributed by atoms with E-state index in [9.17, 15) is 13.2 Å². The van der Waals surface area contributed by atoms with Gasteiger partial charge in [-0.1, -0.05) is 38.1 Å². The van der Waals surface area contributed by atoms with E-state index < -0.39 is 10.0 Å². The van der Waals surface area contributed by atoms with Crippen LogP contribution in [0.1, 0.15) is 47.5 Å². The average molecular weight is 436 g/mol. The van der Waals surface area contributed by atoms with Crippen LogP contribution in [0, 0.1) is 0 Å². The first-order valence-corrected chi connectivity index (χ1v) is 12.4. The number of hydrogen-bond acceptors (Lipinski definition) is 5. The molecule has 0 atom stereocenters. The SMILES string of the molecule is CCN(CC)Cc1ccccc1CNC(=O)c1sccc1S(=O)(=O)N1CCCC1. The Labute approximate surface area is 177 Å². The Kier molecular flexibility index (Phi) is 7.45. The molecule has 1 fully saturated rings. The van der Waals surface area contributed by atoms with E-state index in [1.165, 1.54) is 21.2 Å². The molecule has 1 aliphatic rings. The first-order valence-electron chi connectivity index (χ1n) is 10.1. The third-order valence-electron chi connectivity index (χ3n) is 5.36.